The van der Waals surface area contributed by atoms with Crippen molar-refractivity contribution < 1.29 is 26.8 Å². The zero-order chi connectivity index (χ0) is 25.8. The van der Waals surface area contributed by atoms with Crippen molar-refractivity contribution in [1.29, 1.82) is 5.26 Å². The van der Waals surface area contributed by atoms with Gasteiger partial charge in [0.1, 0.15) is 0 Å². The van der Waals surface area contributed by atoms with Crippen LogP contribution in [0.4, 0.5) is 13.6 Å². The molecule has 0 bridgehead atoms. The number of halogens is 2. The van der Waals surface area contributed by atoms with Crippen molar-refractivity contribution >= 4 is 22.0 Å². The summed E-state index contributed by atoms with van der Waals surface area (Å²) in [5.74, 6) is -2.54. The Morgan fingerprint density at radius 2 is 1.66 bits per heavy atom. The molecule has 9 nitrogen and oxygen atoms in total. The van der Waals surface area contributed by atoms with Gasteiger partial charge in [-0.3, -0.25) is 4.79 Å². The summed E-state index contributed by atoms with van der Waals surface area (Å²) in [7, 11) is -4.02. The maximum atomic E-state index is 13.5. The SMILES string of the molecule is Cc1ccc(S(=O)(=O)NC(=O)N2CCN(C(=O)C[C@H](N)Cc3cc(F)c(F)cc3C#N)CC2)cc1. The largest absolute Gasteiger partial charge is 0.339 e. The van der Waals surface area contributed by atoms with Crippen LogP contribution in [0, 0.1) is 29.9 Å². The van der Waals surface area contributed by atoms with Crippen LogP contribution >= 0.6 is 0 Å². The molecule has 35 heavy (non-hydrogen) atoms. The zero-order valence-electron chi connectivity index (χ0n) is 19.0. The normalized spacial score (nSPS) is 14.8. The van der Waals surface area contributed by atoms with Crippen LogP contribution in [0.25, 0.3) is 0 Å². The summed E-state index contributed by atoms with van der Waals surface area (Å²) >= 11 is 0. The van der Waals surface area contributed by atoms with E-state index in [1.807, 2.05) is 11.6 Å². The van der Waals surface area contributed by atoms with Crippen LogP contribution in [0.1, 0.15) is 23.1 Å². The molecule has 12 heteroatoms. The number of hydrogen-bond donors (Lipinski definition) is 2. The molecule has 0 aromatic heterocycles. The number of benzene rings is 2. The lowest BCUT2D eigenvalue weighted by atomic mass is 9.98. The van der Waals surface area contributed by atoms with Gasteiger partial charge in [-0.2, -0.15) is 5.26 Å². The first-order chi connectivity index (χ1) is 16.5. The van der Waals surface area contributed by atoms with Crippen molar-refractivity contribution in [2.75, 3.05) is 26.2 Å². The van der Waals surface area contributed by atoms with E-state index in [1.54, 1.807) is 18.2 Å². The van der Waals surface area contributed by atoms with Crippen molar-refractivity contribution in [2.45, 2.75) is 30.7 Å². The minimum absolute atomic E-state index is 0.00503. The fraction of sp³-hybridized carbons (Fsp3) is 0.348. The predicted octanol–water partition coefficient (Wildman–Crippen LogP) is 1.65. The van der Waals surface area contributed by atoms with Gasteiger partial charge in [-0.05, 0) is 43.2 Å². The molecule has 1 aliphatic heterocycles. The number of nitrogens with zero attached hydrogens (tertiary/aromatic N) is 3. The maximum Gasteiger partial charge on any atom is 0.331 e. The Balaban J connectivity index is 1.51. The number of sulfonamides is 1. The zero-order valence-corrected chi connectivity index (χ0v) is 19.8. The summed E-state index contributed by atoms with van der Waals surface area (Å²) in [5, 5.41) is 9.12. The van der Waals surface area contributed by atoms with Crippen molar-refractivity contribution in [3.05, 3.63) is 64.7 Å². The van der Waals surface area contributed by atoms with E-state index in [0.717, 1.165) is 17.7 Å². The van der Waals surface area contributed by atoms with Gasteiger partial charge in [0.05, 0.1) is 16.5 Å². The second-order valence-corrected chi connectivity index (χ2v) is 9.98. The summed E-state index contributed by atoms with van der Waals surface area (Å²) in [6.45, 7) is 2.42. The molecular weight excluding hydrogens is 480 g/mol. The van der Waals surface area contributed by atoms with Gasteiger partial charge >= 0.3 is 6.03 Å². The quantitative estimate of drug-likeness (QED) is 0.613. The summed E-state index contributed by atoms with van der Waals surface area (Å²) in [6, 6.07) is 8.04. The van der Waals surface area contributed by atoms with Crippen molar-refractivity contribution in [2.24, 2.45) is 5.73 Å². The van der Waals surface area contributed by atoms with Crippen LogP contribution in [0.2, 0.25) is 0 Å². The Kier molecular flexibility index (Phi) is 8.03. The highest BCUT2D eigenvalue weighted by Gasteiger charge is 2.28. The number of hydrogen-bond acceptors (Lipinski definition) is 6. The number of rotatable bonds is 6. The van der Waals surface area contributed by atoms with Crippen LogP contribution in [-0.4, -0.2) is 62.4 Å². The first-order valence-corrected chi connectivity index (χ1v) is 12.3. The number of nitrogens with one attached hydrogen (secondary N) is 1. The molecule has 3 amide bonds. The number of carbonyl (C=O) groups is 2. The Morgan fingerprint density at radius 1 is 1.09 bits per heavy atom. The highest BCUT2D eigenvalue weighted by molar-refractivity contribution is 7.90. The molecule has 1 aliphatic rings. The van der Waals surface area contributed by atoms with E-state index >= 15 is 0 Å². The average Bonchev–Trinajstić information content (AvgIpc) is 2.81. The minimum Gasteiger partial charge on any atom is -0.339 e. The molecule has 2 aromatic rings. The first-order valence-electron chi connectivity index (χ1n) is 10.8. The smallest absolute Gasteiger partial charge is 0.331 e. The van der Waals surface area contributed by atoms with Gasteiger partial charge < -0.3 is 15.5 Å². The van der Waals surface area contributed by atoms with Gasteiger partial charge in [-0.15, -0.1) is 0 Å². The topological polar surface area (TPSA) is 137 Å². The van der Waals surface area contributed by atoms with Crippen LogP contribution in [0.5, 0.6) is 0 Å². The van der Waals surface area contributed by atoms with Gasteiger partial charge in [0.15, 0.2) is 11.6 Å². The Hall–Kier alpha value is -3.56. The molecule has 0 radical (unpaired) electrons. The molecule has 0 aliphatic carbocycles. The van der Waals surface area contributed by atoms with Gasteiger partial charge in [0.25, 0.3) is 10.0 Å². The van der Waals surface area contributed by atoms with E-state index in [2.05, 4.69) is 0 Å². The number of aryl methyl sites for hydroxylation is 1. The fourth-order valence-electron chi connectivity index (χ4n) is 3.68. The molecule has 0 unspecified atom stereocenters. The monoisotopic (exact) mass is 505 g/mol. The third-order valence-electron chi connectivity index (χ3n) is 5.66. The molecule has 1 saturated heterocycles. The molecule has 3 N–H and O–H groups in total. The van der Waals surface area contributed by atoms with Gasteiger partial charge in [0.2, 0.25) is 5.91 Å². The van der Waals surface area contributed by atoms with Crippen LogP contribution in [0.15, 0.2) is 41.3 Å². The molecule has 1 atom stereocenters. The summed E-state index contributed by atoms with van der Waals surface area (Å²) in [6.07, 6.45) is -0.0943. The second kappa shape index (κ2) is 10.8. The Morgan fingerprint density at radius 3 is 2.26 bits per heavy atom. The van der Waals surface area contributed by atoms with E-state index in [-0.39, 0.29) is 61.0 Å². The first kappa shape index (κ1) is 26.1. The third-order valence-corrected chi connectivity index (χ3v) is 6.99. The number of nitrogens with two attached hydrogens (primary N) is 1. The lowest BCUT2D eigenvalue weighted by molar-refractivity contribution is -0.132. The van der Waals surface area contributed by atoms with Gasteiger partial charge in [-0.1, -0.05) is 17.7 Å². The predicted molar refractivity (Wildman–Crippen MR) is 122 cm³/mol. The molecule has 1 fully saturated rings. The average molecular weight is 506 g/mol. The van der Waals surface area contributed by atoms with Gasteiger partial charge in [-0.25, -0.2) is 26.7 Å². The van der Waals surface area contributed by atoms with Crippen LogP contribution < -0.4 is 10.5 Å². The minimum atomic E-state index is -4.02. The molecular formula is C23H25F2N5O4S. The summed E-state index contributed by atoms with van der Waals surface area (Å²) in [5.41, 5.74) is 7.06. The van der Waals surface area contributed by atoms with Crippen molar-refractivity contribution in [1.82, 2.24) is 14.5 Å². The third kappa shape index (κ3) is 6.52. The molecule has 3 rings (SSSR count). The number of piperazine rings is 1. The highest BCUT2D eigenvalue weighted by Crippen LogP contribution is 2.17. The molecule has 186 valence electrons. The van der Waals surface area contributed by atoms with Crippen LogP contribution in [-0.2, 0) is 21.2 Å². The van der Waals surface area contributed by atoms with E-state index in [4.69, 9.17) is 11.0 Å². The van der Waals surface area contributed by atoms with Gasteiger partial charge in [0, 0.05) is 38.6 Å². The standard InChI is InChI=1S/C23H25F2N5O4S/c1-15-2-4-19(5-3-15)35(33,34)28-23(32)30-8-6-29(7-9-30)22(31)13-18(27)10-16-11-20(24)21(25)12-17(16)14-26/h2-5,11-12,18H,6-10,13,27H2,1H3,(H,28,32)/t18-/m1/s1. The lowest BCUT2D eigenvalue weighted by Gasteiger charge is -2.35. The number of urea groups is 1. The van der Waals surface area contributed by atoms with E-state index in [0.29, 0.717) is 0 Å². The second-order valence-electron chi connectivity index (χ2n) is 8.30. The lowest BCUT2D eigenvalue weighted by Crippen LogP contribution is -2.54. The molecule has 2 aromatic carbocycles. The fourth-order valence-corrected chi connectivity index (χ4v) is 4.66. The summed E-state index contributed by atoms with van der Waals surface area (Å²) in [4.78, 5) is 27.8. The number of amides is 3. The molecule has 1 heterocycles. The van der Waals surface area contributed by atoms with E-state index in [9.17, 15) is 26.8 Å². The van der Waals surface area contributed by atoms with Crippen molar-refractivity contribution in [3.8, 4) is 6.07 Å². The Bertz CT molecular complexity index is 1250. The van der Waals surface area contributed by atoms with E-state index in [1.165, 1.54) is 21.9 Å². The van der Waals surface area contributed by atoms with E-state index < -0.39 is 33.7 Å². The number of carbonyl (C=O) groups excluding carboxylic acids is 2. The molecule has 0 saturated carbocycles. The highest BCUT2D eigenvalue weighted by atomic mass is 32.2. The van der Waals surface area contributed by atoms with Crippen molar-refractivity contribution in [3.63, 3.8) is 0 Å². The van der Waals surface area contributed by atoms with Crippen LogP contribution in [0.3, 0.4) is 0 Å². The molecule has 0 spiro atoms. The number of nitriles is 1. The Labute approximate surface area is 202 Å². The summed E-state index contributed by atoms with van der Waals surface area (Å²) < 4.78 is 53.8. The maximum absolute atomic E-state index is 13.5.